The number of urea groups is 1. The number of rotatable bonds is 11. The van der Waals surface area contributed by atoms with Crippen molar-refractivity contribution in [2.45, 2.75) is 44.2 Å². The molecule has 1 fully saturated rings. The molecule has 1 atom stereocenters. The van der Waals surface area contributed by atoms with Crippen LogP contribution in [0.1, 0.15) is 32.1 Å². The minimum Gasteiger partial charge on any atom is -0.493 e. The number of methoxy groups -OCH3 is 1. The first-order chi connectivity index (χ1) is 20.5. The molecule has 1 saturated carbocycles. The maximum absolute atomic E-state index is 12.3. The van der Waals surface area contributed by atoms with Crippen LogP contribution in [0, 0.1) is 0 Å². The lowest BCUT2D eigenvalue weighted by molar-refractivity contribution is -0.150. The molecule has 0 bridgehead atoms. The van der Waals surface area contributed by atoms with E-state index < -0.39 is 12.0 Å². The van der Waals surface area contributed by atoms with Crippen molar-refractivity contribution in [3.05, 3.63) is 79.0 Å². The number of carbonyl (C=O) groups excluding carboxylic acids is 2. The number of hydrogen-bond donors (Lipinski definition) is 3. The van der Waals surface area contributed by atoms with Gasteiger partial charge in [-0.3, -0.25) is 9.78 Å². The van der Waals surface area contributed by atoms with E-state index in [-0.39, 0.29) is 18.7 Å². The van der Waals surface area contributed by atoms with Gasteiger partial charge in [0.05, 0.1) is 19.2 Å². The summed E-state index contributed by atoms with van der Waals surface area (Å²) in [7, 11) is 1.55. The van der Waals surface area contributed by atoms with E-state index in [0.717, 1.165) is 31.1 Å². The van der Waals surface area contributed by atoms with Gasteiger partial charge in [0.2, 0.25) is 0 Å². The Hall–Kier alpha value is -4.83. The van der Waals surface area contributed by atoms with Crippen LogP contribution in [0.15, 0.2) is 79.0 Å². The van der Waals surface area contributed by atoms with Gasteiger partial charge >= 0.3 is 12.0 Å². The molecule has 1 aromatic heterocycles. The molecule has 5 rings (SSSR count). The summed E-state index contributed by atoms with van der Waals surface area (Å²) in [6, 6.07) is 20.5. The first-order valence-electron chi connectivity index (χ1n) is 13.9. The number of pyridine rings is 1. The molecule has 0 unspecified atom stereocenters. The summed E-state index contributed by atoms with van der Waals surface area (Å²) in [4.78, 5) is 29.0. The van der Waals surface area contributed by atoms with Gasteiger partial charge in [0.25, 0.3) is 0 Å². The lowest BCUT2D eigenvalue weighted by Crippen LogP contribution is -2.35. The molecule has 42 heavy (non-hydrogen) atoms. The number of carbonyl (C=O) groups is 2. The molecule has 0 saturated heterocycles. The first-order valence-corrected chi connectivity index (χ1v) is 13.9. The minimum atomic E-state index is -0.755. The van der Waals surface area contributed by atoms with Crippen molar-refractivity contribution in [1.29, 1.82) is 0 Å². The monoisotopic (exact) mass is 570 g/mol. The molecule has 4 aromatic rings. The zero-order chi connectivity index (χ0) is 29.3. The van der Waals surface area contributed by atoms with Crippen LogP contribution >= 0.6 is 0 Å². The van der Waals surface area contributed by atoms with Crippen molar-refractivity contribution in [1.82, 2.24) is 4.98 Å². The number of benzene rings is 3. The fraction of sp³-hybridized carbons (Fsp3) is 0.281. The summed E-state index contributed by atoms with van der Waals surface area (Å²) in [6.07, 6.45) is 5.90. The van der Waals surface area contributed by atoms with Gasteiger partial charge in [-0.15, -0.1) is 0 Å². The second-order valence-corrected chi connectivity index (χ2v) is 9.99. The normalized spacial score (nSPS) is 13.8. The average Bonchev–Trinajstić information content (AvgIpc) is 3.51. The molecule has 0 radical (unpaired) electrons. The molecule has 10 nitrogen and oxygen atoms in total. The van der Waals surface area contributed by atoms with Gasteiger partial charge in [0.1, 0.15) is 23.6 Å². The molecule has 3 aromatic carbocycles. The van der Waals surface area contributed by atoms with Crippen molar-refractivity contribution in [2.24, 2.45) is 5.73 Å². The van der Waals surface area contributed by atoms with Crippen LogP contribution in [0.2, 0.25) is 0 Å². The Morgan fingerprint density at radius 2 is 1.64 bits per heavy atom. The first kappa shape index (κ1) is 28.7. The average molecular weight is 571 g/mol. The second kappa shape index (κ2) is 13.7. The van der Waals surface area contributed by atoms with E-state index >= 15 is 0 Å². The molecule has 10 heteroatoms. The number of para-hydroxylation sites is 1. The summed E-state index contributed by atoms with van der Waals surface area (Å²) in [5.41, 5.74) is 8.00. The largest absolute Gasteiger partial charge is 0.493 e. The van der Waals surface area contributed by atoms with E-state index in [1.807, 2.05) is 30.3 Å². The van der Waals surface area contributed by atoms with Gasteiger partial charge in [-0.05, 0) is 74.2 Å². The molecule has 4 N–H and O–H groups in total. The summed E-state index contributed by atoms with van der Waals surface area (Å²) in [5.74, 6) is 1.73. The molecule has 2 amide bonds. The molecular weight excluding hydrogens is 536 g/mol. The highest BCUT2D eigenvalue weighted by Crippen LogP contribution is 2.37. The lowest BCUT2D eigenvalue weighted by Gasteiger charge is -2.17. The van der Waals surface area contributed by atoms with E-state index in [2.05, 4.69) is 15.6 Å². The molecule has 0 spiro atoms. The highest BCUT2D eigenvalue weighted by Gasteiger charge is 2.23. The Labute approximate surface area is 244 Å². The zero-order valence-corrected chi connectivity index (χ0v) is 23.4. The predicted octanol–water partition coefficient (Wildman–Crippen LogP) is 6.26. The van der Waals surface area contributed by atoms with Crippen molar-refractivity contribution in [3.8, 4) is 23.0 Å². The van der Waals surface area contributed by atoms with Gasteiger partial charge in [0, 0.05) is 35.4 Å². The maximum Gasteiger partial charge on any atom is 0.323 e. The molecule has 1 aliphatic rings. The van der Waals surface area contributed by atoms with Gasteiger partial charge in [-0.1, -0.05) is 18.2 Å². The number of nitrogens with two attached hydrogens (primary N) is 1. The highest BCUT2D eigenvalue weighted by molar-refractivity contribution is 5.99. The van der Waals surface area contributed by atoms with E-state index in [0.29, 0.717) is 46.3 Å². The molecule has 1 aliphatic carbocycles. The predicted molar refractivity (Wildman–Crippen MR) is 160 cm³/mol. The second-order valence-electron chi connectivity index (χ2n) is 9.99. The summed E-state index contributed by atoms with van der Waals surface area (Å²) >= 11 is 0. The Morgan fingerprint density at radius 1 is 0.929 bits per heavy atom. The number of esters is 1. The van der Waals surface area contributed by atoms with Gasteiger partial charge < -0.3 is 35.3 Å². The Bertz CT molecular complexity index is 1510. The van der Waals surface area contributed by atoms with Crippen LogP contribution in [0.4, 0.5) is 16.2 Å². The van der Waals surface area contributed by atoms with Crippen molar-refractivity contribution < 1.29 is 28.5 Å². The van der Waals surface area contributed by atoms with Crippen molar-refractivity contribution in [3.63, 3.8) is 0 Å². The fourth-order valence-corrected chi connectivity index (χ4v) is 4.71. The smallest absolute Gasteiger partial charge is 0.323 e. The van der Waals surface area contributed by atoms with Crippen LogP contribution in [-0.2, 0) is 9.53 Å². The topological polar surface area (TPSA) is 134 Å². The summed E-state index contributed by atoms with van der Waals surface area (Å²) in [6.45, 7) is 0.211. The Morgan fingerprint density at radius 3 is 2.36 bits per heavy atom. The SMILES string of the molecule is COc1cc2c(Oc3ccc(NC(=O)Nc4ccccc4)cc3)ccnc2cc1OCC[C@@H](N)C(=O)OC1CCCC1. The fourth-order valence-electron chi connectivity index (χ4n) is 4.71. The number of hydrogen-bond acceptors (Lipinski definition) is 8. The quantitative estimate of drug-likeness (QED) is 0.180. The Balaban J connectivity index is 1.20. The zero-order valence-electron chi connectivity index (χ0n) is 23.4. The number of ether oxygens (including phenoxy) is 4. The number of amides is 2. The maximum atomic E-state index is 12.3. The van der Waals surface area contributed by atoms with Crippen molar-refractivity contribution in [2.75, 3.05) is 24.4 Å². The van der Waals surface area contributed by atoms with Crippen molar-refractivity contribution >= 4 is 34.3 Å². The van der Waals surface area contributed by atoms with E-state index in [9.17, 15) is 9.59 Å². The van der Waals surface area contributed by atoms with Gasteiger partial charge in [-0.2, -0.15) is 0 Å². The molecule has 218 valence electrons. The minimum absolute atomic E-state index is 0.0198. The third kappa shape index (κ3) is 7.46. The molecule has 0 aliphatic heterocycles. The van der Waals surface area contributed by atoms with Crippen LogP contribution in [0.25, 0.3) is 10.9 Å². The van der Waals surface area contributed by atoms with E-state index in [1.165, 1.54) is 0 Å². The standard InChI is InChI=1S/C32H34N4O6/c1-39-29-19-25-27(20-30(29)40-18-16-26(33)31(37)42-23-9-5-6-10-23)34-17-15-28(25)41-24-13-11-22(12-14-24)36-32(38)35-21-7-3-2-4-8-21/h2-4,7-8,11-15,17,19-20,23,26H,5-6,9-10,16,18,33H2,1H3,(H2,35,36,38)/t26-/m1/s1. The number of aromatic nitrogens is 1. The Kier molecular flexibility index (Phi) is 9.35. The van der Waals surface area contributed by atoms with Gasteiger partial charge in [0.15, 0.2) is 11.5 Å². The summed E-state index contributed by atoms with van der Waals surface area (Å²) < 4.78 is 23.1. The van der Waals surface area contributed by atoms with E-state index in [1.54, 1.807) is 55.8 Å². The molecule has 1 heterocycles. The number of nitrogens with one attached hydrogen (secondary N) is 2. The third-order valence-corrected chi connectivity index (χ3v) is 6.93. The molecular formula is C32H34N4O6. The van der Waals surface area contributed by atoms with Crippen LogP contribution < -0.4 is 30.6 Å². The van der Waals surface area contributed by atoms with Gasteiger partial charge in [-0.25, -0.2) is 4.79 Å². The summed E-state index contributed by atoms with van der Waals surface area (Å²) in [5, 5.41) is 6.30. The number of nitrogens with zero attached hydrogens (tertiary/aromatic N) is 1. The van der Waals surface area contributed by atoms with Crippen LogP contribution in [0.5, 0.6) is 23.0 Å². The number of anilines is 2. The van der Waals surface area contributed by atoms with Crippen LogP contribution in [0.3, 0.4) is 0 Å². The van der Waals surface area contributed by atoms with Crippen LogP contribution in [-0.4, -0.2) is 42.8 Å². The third-order valence-electron chi connectivity index (χ3n) is 6.93. The van der Waals surface area contributed by atoms with E-state index in [4.69, 9.17) is 24.7 Å². The number of fused-ring (bicyclic) bond motifs is 1. The lowest BCUT2D eigenvalue weighted by atomic mass is 10.1. The highest BCUT2D eigenvalue weighted by atomic mass is 16.5.